The molecule has 13 heteroatoms. The van der Waals surface area contributed by atoms with Crippen LogP contribution in [0.25, 0.3) is 22.3 Å². The Morgan fingerprint density at radius 3 is 2.72 bits per heavy atom. The minimum absolute atomic E-state index is 0.0666. The predicted octanol–water partition coefficient (Wildman–Crippen LogP) is 3.97. The summed E-state index contributed by atoms with van der Waals surface area (Å²) in [5.74, 6) is -0.502. The highest BCUT2D eigenvalue weighted by molar-refractivity contribution is 6.33. The molecule has 0 amide bonds. The number of imidazole rings is 1. The van der Waals surface area contributed by atoms with Gasteiger partial charge in [-0.3, -0.25) is 4.74 Å². The average molecular weight is 529 g/mol. The van der Waals surface area contributed by atoms with Crippen LogP contribution in [0.4, 0.5) is 19.1 Å². The maximum atomic E-state index is 15.2. The Morgan fingerprint density at radius 2 is 2.06 bits per heavy atom. The van der Waals surface area contributed by atoms with Gasteiger partial charge < -0.3 is 24.8 Å². The van der Waals surface area contributed by atoms with E-state index >= 15 is 4.39 Å². The van der Waals surface area contributed by atoms with E-state index in [-0.39, 0.29) is 39.6 Å². The molecule has 5 rings (SSSR count). The molecule has 3 N–H and O–H groups in total. The molecule has 36 heavy (non-hydrogen) atoms. The molecule has 0 unspecified atom stereocenters. The summed E-state index contributed by atoms with van der Waals surface area (Å²) >= 11 is 6.34. The number of nitrogens with one attached hydrogen (secondary N) is 1. The van der Waals surface area contributed by atoms with Crippen molar-refractivity contribution in [3.05, 3.63) is 35.0 Å². The number of halogens is 4. The summed E-state index contributed by atoms with van der Waals surface area (Å²) in [6.45, 7) is 6.86. The normalized spacial score (nSPS) is 28.1. The van der Waals surface area contributed by atoms with E-state index in [0.29, 0.717) is 5.52 Å². The van der Waals surface area contributed by atoms with Crippen LogP contribution in [-0.2, 0) is 15.1 Å². The number of aliphatic hydroxyl groups excluding tert-OH is 1. The van der Waals surface area contributed by atoms with Gasteiger partial charge >= 0.3 is 6.11 Å². The Labute approximate surface area is 210 Å². The molecule has 0 saturated carbocycles. The first kappa shape index (κ1) is 23.9. The first-order valence-corrected chi connectivity index (χ1v) is 11.6. The lowest BCUT2D eigenvalue weighted by Gasteiger charge is -2.31. The largest absolute Gasteiger partial charge is 0.386 e. The molecule has 2 saturated heterocycles. The molecule has 1 aromatic carbocycles. The third kappa shape index (κ3) is 4.20. The number of aromatic nitrogens is 4. The van der Waals surface area contributed by atoms with Crippen molar-refractivity contribution in [3.63, 3.8) is 0 Å². The van der Waals surface area contributed by atoms with Gasteiger partial charge in [-0.2, -0.15) is 8.78 Å². The molecule has 5 atom stereocenters. The third-order valence-corrected chi connectivity index (χ3v) is 6.32. The van der Waals surface area contributed by atoms with Crippen LogP contribution in [0.5, 0.6) is 0 Å². The minimum atomic E-state index is -3.73. The van der Waals surface area contributed by atoms with Crippen molar-refractivity contribution in [2.75, 3.05) is 5.32 Å². The highest BCUT2D eigenvalue weighted by atomic mass is 35.5. The molecule has 3 aromatic rings. The van der Waals surface area contributed by atoms with Crippen LogP contribution < -0.4 is 5.32 Å². The molecule has 2 fully saturated rings. The van der Waals surface area contributed by atoms with E-state index in [1.54, 1.807) is 24.5 Å². The van der Waals surface area contributed by atoms with Crippen molar-refractivity contribution in [1.29, 1.82) is 0 Å². The highest BCUT2D eigenvalue weighted by Gasteiger charge is 2.59. The van der Waals surface area contributed by atoms with Gasteiger partial charge in [-0.05, 0) is 39.8 Å². The monoisotopic (exact) mass is 528 g/mol. The fourth-order valence-corrected chi connectivity index (χ4v) is 4.62. The summed E-state index contributed by atoms with van der Waals surface area (Å²) in [6.07, 6.45) is -9.22. The van der Waals surface area contributed by atoms with Crippen LogP contribution in [0.15, 0.2) is 18.3 Å². The van der Waals surface area contributed by atoms with Crippen molar-refractivity contribution in [1.82, 2.24) is 19.5 Å². The molecule has 194 valence electrons. The maximum absolute atomic E-state index is 15.2. The lowest BCUT2D eigenvalue weighted by atomic mass is 10.0. The Morgan fingerprint density at radius 1 is 1.33 bits per heavy atom. The highest BCUT2D eigenvalue weighted by Crippen LogP contribution is 2.42. The number of alkyl halides is 2. The molecule has 0 radical (unpaired) electrons. The van der Waals surface area contributed by atoms with Crippen molar-refractivity contribution >= 4 is 28.6 Å². The Hall–Kier alpha value is -2.51. The Kier molecular flexibility index (Phi) is 5.65. The number of anilines is 1. The number of nitrogens with zero attached hydrogens (tertiary/aromatic N) is 4. The molecule has 0 spiro atoms. The fourth-order valence-electron chi connectivity index (χ4n) is 4.42. The number of aliphatic hydroxyl groups is 2. The van der Waals surface area contributed by atoms with E-state index in [1.165, 1.54) is 12.3 Å². The van der Waals surface area contributed by atoms with Gasteiger partial charge in [0.15, 0.2) is 18.2 Å². The standard InChI is InChI=1S/C23H25ClF3N5O4/c1-9(2)32-14-6-10(5-12(25)17(14)30-20(32)22(3,4)34)16-11(24)8-28-21(31-16)29-13-7-15-23(26,27)36-19(35-15)18(13)33/h5-6,8-9,13,15,18-19,33-34H,7H2,1-4H3,(H,28,29,31)/t13-,15+,18+,19+/m1/s1/i7D/t7-,13+,15-,18-,19-/m0. The molecule has 9 nitrogen and oxygen atoms in total. The van der Waals surface area contributed by atoms with Crippen LogP contribution in [-0.4, -0.2) is 60.4 Å². The molecule has 2 aliphatic heterocycles. The van der Waals surface area contributed by atoms with Gasteiger partial charge in [-0.1, -0.05) is 11.6 Å². The van der Waals surface area contributed by atoms with E-state index < -0.39 is 48.5 Å². The van der Waals surface area contributed by atoms with Gasteiger partial charge in [-0.25, -0.2) is 19.3 Å². The third-order valence-electron chi connectivity index (χ3n) is 6.04. The first-order valence-electron chi connectivity index (χ1n) is 11.8. The van der Waals surface area contributed by atoms with Crippen LogP contribution in [0.3, 0.4) is 0 Å². The predicted molar refractivity (Wildman–Crippen MR) is 124 cm³/mol. The smallest absolute Gasteiger partial charge is 0.384 e. The zero-order valence-corrected chi connectivity index (χ0v) is 20.5. The summed E-state index contributed by atoms with van der Waals surface area (Å²) in [5, 5.41) is 23.8. The van der Waals surface area contributed by atoms with Crippen LogP contribution in [0.1, 0.15) is 47.3 Å². The molecular formula is C23H25ClF3N5O4. The lowest BCUT2D eigenvalue weighted by Crippen LogP contribution is -2.48. The molecule has 2 bridgehead atoms. The quantitative estimate of drug-likeness (QED) is 0.456. The number of ether oxygens (including phenoxy) is 2. The zero-order valence-electron chi connectivity index (χ0n) is 20.7. The number of hydrogen-bond acceptors (Lipinski definition) is 8. The van der Waals surface area contributed by atoms with Gasteiger partial charge in [0, 0.05) is 19.4 Å². The summed E-state index contributed by atoms with van der Waals surface area (Å²) in [4.78, 5) is 12.7. The van der Waals surface area contributed by atoms with Gasteiger partial charge in [0.1, 0.15) is 23.0 Å². The van der Waals surface area contributed by atoms with Crippen molar-refractivity contribution in [2.45, 2.75) is 76.4 Å². The molecule has 4 heterocycles. The van der Waals surface area contributed by atoms with Gasteiger partial charge in [0.05, 0.1) is 28.5 Å². The molecule has 2 aliphatic rings. The van der Waals surface area contributed by atoms with Gasteiger partial charge in [-0.15, -0.1) is 0 Å². The van der Waals surface area contributed by atoms with E-state index in [1.807, 2.05) is 13.8 Å². The Balaban J connectivity index is 1.55. The van der Waals surface area contributed by atoms with E-state index in [2.05, 4.69) is 25.0 Å². The van der Waals surface area contributed by atoms with Crippen molar-refractivity contribution < 1.29 is 34.2 Å². The second-order valence-electron chi connectivity index (χ2n) is 9.63. The maximum Gasteiger partial charge on any atom is 0.384 e. The van der Waals surface area contributed by atoms with Gasteiger partial charge in [0.2, 0.25) is 5.95 Å². The van der Waals surface area contributed by atoms with E-state index in [4.69, 9.17) is 17.7 Å². The summed E-state index contributed by atoms with van der Waals surface area (Å²) in [6, 6.07) is 1.40. The minimum Gasteiger partial charge on any atom is -0.386 e. The molecular weight excluding hydrogens is 503 g/mol. The second kappa shape index (κ2) is 8.52. The van der Waals surface area contributed by atoms with Gasteiger partial charge in [0.25, 0.3) is 0 Å². The zero-order chi connectivity index (χ0) is 27.0. The van der Waals surface area contributed by atoms with Crippen molar-refractivity contribution in [3.8, 4) is 11.3 Å². The van der Waals surface area contributed by atoms with E-state index in [9.17, 15) is 19.0 Å². The molecule has 2 aromatic heterocycles. The fraction of sp³-hybridized carbons (Fsp3) is 0.522. The van der Waals surface area contributed by atoms with Crippen LogP contribution in [0.2, 0.25) is 5.02 Å². The van der Waals surface area contributed by atoms with Crippen molar-refractivity contribution in [2.24, 2.45) is 0 Å². The molecule has 0 aliphatic carbocycles. The summed E-state index contributed by atoms with van der Waals surface area (Å²) < 4.78 is 62.5. The lowest BCUT2D eigenvalue weighted by molar-refractivity contribution is -0.240. The number of benzene rings is 1. The van der Waals surface area contributed by atoms with Crippen LogP contribution >= 0.6 is 11.6 Å². The Bertz CT molecular complexity index is 1370. The average Bonchev–Trinajstić information content (AvgIpc) is 3.33. The SMILES string of the molecule is [2H][C@H]1[C@@H](Nc2ncc(Cl)c(-c3cc(F)c4nc(C(C)(C)O)n(C(C)C)c4c3)n2)[C@H](O)[C@H]2O[C@@H]1C(F)(F)O2. The number of hydrogen-bond donors (Lipinski definition) is 3. The van der Waals surface area contributed by atoms with E-state index in [0.717, 1.165) is 0 Å². The van der Waals surface area contributed by atoms with Crippen LogP contribution in [0, 0.1) is 5.82 Å². The summed E-state index contributed by atoms with van der Waals surface area (Å²) in [5.41, 5.74) is -0.467. The topological polar surface area (TPSA) is 115 Å². The number of rotatable bonds is 5. The first-order chi connectivity index (χ1) is 17.2. The number of fused-ring (bicyclic) bond motifs is 3. The summed E-state index contributed by atoms with van der Waals surface area (Å²) in [7, 11) is 0. The second-order valence-corrected chi connectivity index (χ2v) is 10.0.